The molecule has 0 radical (unpaired) electrons. The third-order valence-electron chi connectivity index (χ3n) is 3.88. The fourth-order valence-corrected chi connectivity index (χ4v) is 2.52. The Morgan fingerprint density at radius 3 is 2.74 bits per heavy atom. The first-order chi connectivity index (χ1) is 13.0. The molecule has 0 aliphatic heterocycles. The monoisotopic (exact) mass is 363 g/mol. The molecule has 0 saturated heterocycles. The van der Waals surface area contributed by atoms with E-state index in [-0.39, 0.29) is 12.5 Å². The number of carbonyl (C=O) groups excluding carboxylic acids is 2. The van der Waals surface area contributed by atoms with Crippen LogP contribution in [0.4, 0.5) is 10.1 Å². The van der Waals surface area contributed by atoms with Gasteiger partial charge in [-0.15, -0.1) is 0 Å². The summed E-state index contributed by atoms with van der Waals surface area (Å²) in [5.41, 5.74) is 1.84. The number of amides is 2. The van der Waals surface area contributed by atoms with E-state index in [4.69, 9.17) is 0 Å². The number of anilines is 1. The largest absolute Gasteiger partial charge is 0.333 e. The molecule has 0 atom stereocenters. The molecule has 0 bridgehead atoms. The number of benzene rings is 2. The highest BCUT2D eigenvalue weighted by molar-refractivity contribution is 5.97. The molecule has 3 aromatic rings. The minimum Gasteiger partial charge on any atom is -0.333 e. The van der Waals surface area contributed by atoms with Gasteiger partial charge in [0, 0.05) is 24.2 Å². The van der Waals surface area contributed by atoms with Crippen molar-refractivity contribution in [1.29, 1.82) is 0 Å². The molecule has 6 heteroatoms. The lowest BCUT2D eigenvalue weighted by Crippen LogP contribution is -2.33. The number of nitrogens with one attached hydrogen (secondary N) is 1. The lowest BCUT2D eigenvalue weighted by molar-refractivity contribution is -0.129. The number of nitrogens with zero attached hydrogens (tertiary/aromatic N) is 2. The lowest BCUT2D eigenvalue weighted by atomic mass is 10.2. The van der Waals surface area contributed by atoms with E-state index in [9.17, 15) is 14.0 Å². The summed E-state index contributed by atoms with van der Waals surface area (Å²) in [6.45, 7) is -0.148. The molecule has 0 aliphatic rings. The molecule has 0 aliphatic carbocycles. The summed E-state index contributed by atoms with van der Waals surface area (Å²) in [6, 6.07) is 17.0. The Labute approximate surface area is 156 Å². The van der Waals surface area contributed by atoms with E-state index in [1.807, 2.05) is 36.4 Å². The highest BCUT2D eigenvalue weighted by Gasteiger charge is 2.11. The topological polar surface area (TPSA) is 62.3 Å². The van der Waals surface area contributed by atoms with Crippen LogP contribution in [0.5, 0.6) is 0 Å². The smallest absolute Gasteiger partial charge is 0.246 e. The maximum Gasteiger partial charge on any atom is 0.246 e. The van der Waals surface area contributed by atoms with Gasteiger partial charge in [0.15, 0.2) is 0 Å². The van der Waals surface area contributed by atoms with E-state index in [1.54, 1.807) is 12.1 Å². The van der Waals surface area contributed by atoms with Gasteiger partial charge in [0.25, 0.3) is 0 Å². The minimum absolute atomic E-state index is 0.148. The standard InChI is InChI=1S/C21H18FN3O2/c1-25(14-20(26)24-18-7-4-6-16(22)13-18)21(27)12-11-17-10-9-15-5-2-3-8-19(15)23-17/h2-13H,14H2,1H3,(H,24,26)/b12-11+. The molecule has 136 valence electrons. The molecule has 0 fully saturated rings. The Morgan fingerprint density at radius 1 is 1.11 bits per heavy atom. The Bertz CT molecular complexity index is 1020. The predicted octanol–water partition coefficient (Wildman–Crippen LogP) is 3.48. The number of hydrogen-bond acceptors (Lipinski definition) is 3. The molecule has 1 aromatic heterocycles. The van der Waals surface area contributed by atoms with Crippen LogP contribution >= 0.6 is 0 Å². The molecule has 2 amide bonds. The number of hydrogen-bond donors (Lipinski definition) is 1. The van der Waals surface area contributed by atoms with Gasteiger partial charge >= 0.3 is 0 Å². The Kier molecular flexibility index (Phi) is 5.56. The average Bonchev–Trinajstić information content (AvgIpc) is 2.65. The molecule has 3 rings (SSSR count). The van der Waals surface area contributed by atoms with Crippen LogP contribution in [0.1, 0.15) is 5.69 Å². The predicted molar refractivity (Wildman–Crippen MR) is 103 cm³/mol. The molecule has 0 saturated carbocycles. The first-order valence-electron chi connectivity index (χ1n) is 8.36. The number of halogens is 1. The van der Waals surface area contributed by atoms with Gasteiger partial charge in [0.05, 0.1) is 17.8 Å². The van der Waals surface area contributed by atoms with E-state index in [0.717, 1.165) is 10.9 Å². The highest BCUT2D eigenvalue weighted by atomic mass is 19.1. The molecule has 0 unspecified atom stereocenters. The number of carbonyl (C=O) groups is 2. The van der Waals surface area contributed by atoms with Crippen LogP contribution in [0.2, 0.25) is 0 Å². The van der Waals surface area contributed by atoms with Crippen LogP contribution in [0.15, 0.2) is 66.7 Å². The van der Waals surface area contributed by atoms with Crippen LogP contribution in [0.25, 0.3) is 17.0 Å². The van der Waals surface area contributed by atoms with Crippen molar-refractivity contribution in [2.24, 2.45) is 0 Å². The van der Waals surface area contributed by atoms with Gasteiger partial charge < -0.3 is 10.2 Å². The number of para-hydroxylation sites is 1. The first-order valence-corrected chi connectivity index (χ1v) is 8.36. The third-order valence-corrected chi connectivity index (χ3v) is 3.88. The summed E-state index contributed by atoms with van der Waals surface area (Å²) >= 11 is 0. The van der Waals surface area contributed by atoms with Gasteiger partial charge in [-0.25, -0.2) is 9.37 Å². The zero-order valence-electron chi connectivity index (χ0n) is 14.7. The molecule has 5 nitrogen and oxygen atoms in total. The second-order valence-electron chi connectivity index (χ2n) is 6.01. The van der Waals surface area contributed by atoms with Crippen molar-refractivity contribution in [3.05, 3.63) is 78.3 Å². The number of rotatable bonds is 5. The lowest BCUT2D eigenvalue weighted by Gasteiger charge is -2.14. The molecule has 1 heterocycles. The zero-order valence-corrected chi connectivity index (χ0v) is 14.7. The Balaban J connectivity index is 1.59. The molecule has 0 spiro atoms. The van der Waals surface area contributed by atoms with Crippen molar-refractivity contribution >= 4 is 34.5 Å². The van der Waals surface area contributed by atoms with Gasteiger partial charge in [-0.3, -0.25) is 9.59 Å². The first kappa shape index (κ1) is 18.3. The van der Waals surface area contributed by atoms with Gasteiger partial charge in [-0.05, 0) is 36.4 Å². The van der Waals surface area contributed by atoms with Crippen LogP contribution in [0.3, 0.4) is 0 Å². The van der Waals surface area contributed by atoms with Crippen LogP contribution < -0.4 is 5.32 Å². The Morgan fingerprint density at radius 2 is 1.93 bits per heavy atom. The van der Waals surface area contributed by atoms with Gasteiger partial charge in [-0.1, -0.05) is 30.3 Å². The van der Waals surface area contributed by atoms with Gasteiger partial charge in [0.2, 0.25) is 11.8 Å². The number of fused-ring (bicyclic) bond motifs is 1. The fraction of sp³-hybridized carbons (Fsp3) is 0.0952. The summed E-state index contributed by atoms with van der Waals surface area (Å²) in [5, 5.41) is 3.57. The highest BCUT2D eigenvalue weighted by Crippen LogP contribution is 2.13. The summed E-state index contributed by atoms with van der Waals surface area (Å²) in [4.78, 5) is 29.9. The van der Waals surface area contributed by atoms with Crippen molar-refractivity contribution in [2.75, 3.05) is 18.9 Å². The molecule has 27 heavy (non-hydrogen) atoms. The van der Waals surface area contributed by atoms with Crippen molar-refractivity contribution in [3.63, 3.8) is 0 Å². The molecule has 1 N–H and O–H groups in total. The van der Waals surface area contributed by atoms with Crippen LogP contribution in [-0.2, 0) is 9.59 Å². The van der Waals surface area contributed by atoms with Gasteiger partial charge in [-0.2, -0.15) is 0 Å². The van der Waals surface area contributed by atoms with E-state index < -0.39 is 11.7 Å². The van der Waals surface area contributed by atoms with Crippen molar-refractivity contribution in [2.45, 2.75) is 0 Å². The average molecular weight is 363 g/mol. The van der Waals surface area contributed by atoms with Crippen LogP contribution in [-0.4, -0.2) is 35.3 Å². The summed E-state index contributed by atoms with van der Waals surface area (Å²) in [5.74, 6) is -1.18. The van der Waals surface area contributed by atoms with E-state index >= 15 is 0 Å². The SMILES string of the molecule is CN(CC(=O)Nc1cccc(F)c1)C(=O)/C=C/c1ccc2ccccc2n1. The van der Waals surface area contributed by atoms with E-state index in [2.05, 4.69) is 10.3 Å². The summed E-state index contributed by atoms with van der Waals surface area (Å²) in [7, 11) is 1.52. The van der Waals surface area contributed by atoms with E-state index in [1.165, 1.54) is 36.2 Å². The third kappa shape index (κ3) is 4.98. The summed E-state index contributed by atoms with van der Waals surface area (Å²) < 4.78 is 13.1. The maximum atomic E-state index is 13.1. The van der Waals surface area contributed by atoms with Crippen molar-refractivity contribution < 1.29 is 14.0 Å². The quantitative estimate of drug-likeness (QED) is 0.706. The van der Waals surface area contributed by atoms with Crippen molar-refractivity contribution in [1.82, 2.24) is 9.88 Å². The second kappa shape index (κ2) is 8.23. The van der Waals surface area contributed by atoms with Crippen LogP contribution in [0, 0.1) is 5.82 Å². The summed E-state index contributed by atoms with van der Waals surface area (Å²) in [6.07, 6.45) is 2.97. The Hall–Kier alpha value is -3.54. The maximum absolute atomic E-state index is 13.1. The number of likely N-dealkylation sites (N-methyl/N-ethyl adjacent to an activating group) is 1. The second-order valence-corrected chi connectivity index (χ2v) is 6.01. The normalized spacial score (nSPS) is 10.9. The zero-order chi connectivity index (χ0) is 19.2. The minimum atomic E-state index is -0.442. The van der Waals surface area contributed by atoms with E-state index in [0.29, 0.717) is 11.4 Å². The molecular weight excluding hydrogens is 345 g/mol. The fourth-order valence-electron chi connectivity index (χ4n) is 2.52. The number of pyridine rings is 1. The van der Waals surface area contributed by atoms with Crippen molar-refractivity contribution in [3.8, 4) is 0 Å². The molecular formula is C21H18FN3O2. The molecule has 2 aromatic carbocycles. The number of aromatic nitrogens is 1. The van der Waals surface area contributed by atoms with Gasteiger partial charge in [0.1, 0.15) is 5.82 Å².